The lowest BCUT2D eigenvalue weighted by atomic mass is 10.0. The first-order valence-electron chi connectivity index (χ1n) is 11.3. The van der Waals surface area contributed by atoms with E-state index in [2.05, 4.69) is 45.2 Å². The van der Waals surface area contributed by atoms with Crippen LogP contribution >= 0.6 is 11.6 Å². The van der Waals surface area contributed by atoms with Gasteiger partial charge in [-0.15, -0.1) is 0 Å². The number of fused-ring (bicyclic) bond motifs is 1. The quantitative estimate of drug-likeness (QED) is 0.436. The van der Waals surface area contributed by atoms with Crippen LogP contribution in [-0.4, -0.2) is 38.7 Å². The Morgan fingerprint density at radius 2 is 2.03 bits per heavy atom. The number of amides is 1. The summed E-state index contributed by atoms with van der Waals surface area (Å²) in [4.78, 5) is 14.9. The van der Waals surface area contributed by atoms with E-state index in [-0.39, 0.29) is 5.91 Å². The molecular weight excluding hydrogens is 420 g/mol. The topological polar surface area (TPSA) is 53.9 Å². The molecule has 0 aliphatic carbocycles. The first-order valence-corrected chi connectivity index (χ1v) is 11.6. The molecule has 0 spiro atoms. The van der Waals surface area contributed by atoms with Crippen molar-refractivity contribution in [2.45, 2.75) is 32.2 Å². The minimum absolute atomic E-state index is 0.200. The molecule has 2 aromatic carbocycles. The molecule has 164 valence electrons. The van der Waals surface area contributed by atoms with Crippen LogP contribution in [0.1, 0.15) is 24.8 Å². The summed E-state index contributed by atoms with van der Waals surface area (Å²) in [6, 6.07) is 16.4. The number of H-pyrrole nitrogens is 1. The van der Waals surface area contributed by atoms with Crippen LogP contribution in [0.3, 0.4) is 0 Å². The normalized spacial score (nSPS) is 16.9. The number of aromatic amines is 1. The number of hydrogen-bond acceptors (Lipinski definition) is 2. The number of likely N-dealkylation sites (tertiary alicyclic amines) is 1. The SMILES string of the molecule is O=C(Cc1cccc(Cl)c1)N1CCCC(Cn2ccc3cc(-c4cn[nH]c4)ccc32)CC1. The van der Waals surface area contributed by atoms with E-state index in [1.54, 1.807) is 0 Å². The highest BCUT2D eigenvalue weighted by Gasteiger charge is 2.21. The van der Waals surface area contributed by atoms with Crippen molar-refractivity contribution in [1.29, 1.82) is 0 Å². The van der Waals surface area contributed by atoms with Gasteiger partial charge in [-0.05, 0) is 66.6 Å². The fraction of sp³-hybridized carbons (Fsp3) is 0.308. The molecule has 1 aliphatic heterocycles. The third-order valence-corrected chi connectivity index (χ3v) is 6.74. The molecule has 1 saturated heterocycles. The van der Waals surface area contributed by atoms with Crippen molar-refractivity contribution in [2.24, 2.45) is 5.92 Å². The molecule has 3 heterocycles. The maximum Gasteiger partial charge on any atom is 0.226 e. The molecule has 1 amide bonds. The predicted octanol–water partition coefficient (Wildman–Crippen LogP) is 5.56. The van der Waals surface area contributed by atoms with Gasteiger partial charge in [-0.3, -0.25) is 9.89 Å². The van der Waals surface area contributed by atoms with Gasteiger partial charge in [-0.1, -0.05) is 29.8 Å². The zero-order chi connectivity index (χ0) is 21.9. The summed E-state index contributed by atoms with van der Waals surface area (Å²) >= 11 is 6.07. The summed E-state index contributed by atoms with van der Waals surface area (Å²) in [5.41, 5.74) is 4.52. The van der Waals surface area contributed by atoms with Crippen molar-refractivity contribution >= 4 is 28.4 Å². The van der Waals surface area contributed by atoms with Crippen LogP contribution in [-0.2, 0) is 17.8 Å². The molecule has 2 aromatic heterocycles. The van der Waals surface area contributed by atoms with Crippen LogP contribution in [0, 0.1) is 5.92 Å². The Morgan fingerprint density at radius 3 is 2.88 bits per heavy atom. The smallest absolute Gasteiger partial charge is 0.226 e. The third kappa shape index (κ3) is 4.58. The van der Waals surface area contributed by atoms with Crippen LogP contribution in [0.25, 0.3) is 22.0 Å². The van der Waals surface area contributed by atoms with Gasteiger partial charge in [0.1, 0.15) is 0 Å². The number of nitrogens with zero attached hydrogens (tertiary/aromatic N) is 3. The summed E-state index contributed by atoms with van der Waals surface area (Å²) < 4.78 is 2.36. The number of hydrogen-bond donors (Lipinski definition) is 1. The summed E-state index contributed by atoms with van der Waals surface area (Å²) in [6.45, 7) is 2.66. The molecule has 1 atom stereocenters. The Kier molecular flexibility index (Phi) is 5.99. The number of benzene rings is 2. The van der Waals surface area contributed by atoms with Crippen LogP contribution < -0.4 is 0 Å². The Morgan fingerprint density at radius 1 is 1.09 bits per heavy atom. The van der Waals surface area contributed by atoms with E-state index < -0.39 is 0 Å². The molecule has 32 heavy (non-hydrogen) atoms. The summed E-state index contributed by atoms with van der Waals surface area (Å²) in [6.07, 6.45) is 9.62. The molecule has 6 heteroatoms. The van der Waals surface area contributed by atoms with Gasteiger partial charge >= 0.3 is 0 Å². The number of halogens is 1. The zero-order valence-corrected chi connectivity index (χ0v) is 18.8. The van der Waals surface area contributed by atoms with Crippen molar-refractivity contribution in [3.8, 4) is 11.1 Å². The van der Waals surface area contributed by atoms with Gasteiger partial charge in [0, 0.05) is 53.5 Å². The second kappa shape index (κ2) is 9.21. The molecule has 0 radical (unpaired) electrons. The Balaban J connectivity index is 1.22. The average Bonchev–Trinajstić information content (AvgIpc) is 3.40. The summed E-state index contributed by atoms with van der Waals surface area (Å²) in [5.74, 6) is 0.772. The van der Waals surface area contributed by atoms with Gasteiger partial charge in [0.25, 0.3) is 0 Å². The van der Waals surface area contributed by atoms with Crippen molar-refractivity contribution in [3.63, 3.8) is 0 Å². The number of aromatic nitrogens is 3. The van der Waals surface area contributed by atoms with Gasteiger partial charge in [0.05, 0.1) is 12.6 Å². The Labute approximate surface area is 193 Å². The first-order chi connectivity index (χ1) is 15.7. The maximum absolute atomic E-state index is 12.8. The lowest BCUT2D eigenvalue weighted by Crippen LogP contribution is -2.33. The minimum Gasteiger partial charge on any atom is -0.347 e. The van der Waals surface area contributed by atoms with E-state index in [1.165, 1.54) is 16.5 Å². The highest BCUT2D eigenvalue weighted by Crippen LogP contribution is 2.27. The average molecular weight is 447 g/mol. The van der Waals surface area contributed by atoms with Gasteiger partial charge < -0.3 is 9.47 Å². The van der Waals surface area contributed by atoms with Crippen LogP contribution in [0.4, 0.5) is 0 Å². The molecule has 0 bridgehead atoms. The lowest BCUT2D eigenvalue weighted by Gasteiger charge is -2.21. The third-order valence-electron chi connectivity index (χ3n) is 6.50. The molecule has 5 rings (SSSR count). The molecule has 0 saturated carbocycles. The number of carbonyl (C=O) groups is 1. The second-order valence-electron chi connectivity index (χ2n) is 8.71. The fourth-order valence-electron chi connectivity index (χ4n) is 4.76. The number of nitrogens with one attached hydrogen (secondary N) is 1. The van der Waals surface area contributed by atoms with E-state index in [0.717, 1.165) is 50.0 Å². The molecule has 1 aliphatic rings. The van der Waals surface area contributed by atoms with Gasteiger partial charge in [-0.25, -0.2) is 0 Å². The lowest BCUT2D eigenvalue weighted by molar-refractivity contribution is -0.130. The highest BCUT2D eigenvalue weighted by atomic mass is 35.5. The summed E-state index contributed by atoms with van der Waals surface area (Å²) in [7, 11) is 0. The highest BCUT2D eigenvalue weighted by molar-refractivity contribution is 6.30. The van der Waals surface area contributed by atoms with Crippen LogP contribution in [0.15, 0.2) is 67.1 Å². The monoisotopic (exact) mass is 446 g/mol. The molecule has 1 fully saturated rings. The van der Waals surface area contributed by atoms with Gasteiger partial charge in [-0.2, -0.15) is 5.10 Å². The Hall–Kier alpha value is -3.05. The summed E-state index contributed by atoms with van der Waals surface area (Å²) in [5, 5.41) is 8.86. The van der Waals surface area contributed by atoms with E-state index in [9.17, 15) is 4.79 Å². The van der Waals surface area contributed by atoms with E-state index in [4.69, 9.17) is 11.6 Å². The van der Waals surface area contributed by atoms with Gasteiger partial charge in [0.15, 0.2) is 0 Å². The van der Waals surface area contributed by atoms with Crippen LogP contribution in [0.5, 0.6) is 0 Å². The van der Waals surface area contributed by atoms with Crippen molar-refractivity contribution in [2.75, 3.05) is 13.1 Å². The number of carbonyl (C=O) groups excluding carboxylic acids is 1. The first kappa shape index (κ1) is 20.8. The maximum atomic E-state index is 12.8. The predicted molar refractivity (Wildman–Crippen MR) is 129 cm³/mol. The van der Waals surface area contributed by atoms with E-state index in [0.29, 0.717) is 17.4 Å². The van der Waals surface area contributed by atoms with Gasteiger partial charge in [0.2, 0.25) is 5.91 Å². The molecule has 1 N–H and O–H groups in total. The Bertz CT molecular complexity index is 1210. The molecular formula is C26H27ClN4O. The fourth-order valence-corrected chi connectivity index (χ4v) is 4.97. The van der Waals surface area contributed by atoms with E-state index in [1.807, 2.05) is 41.6 Å². The second-order valence-corrected chi connectivity index (χ2v) is 9.15. The van der Waals surface area contributed by atoms with Crippen LogP contribution in [0.2, 0.25) is 5.02 Å². The van der Waals surface area contributed by atoms with Crippen molar-refractivity contribution in [3.05, 3.63) is 77.7 Å². The molecule has 4 aromatic rings. The van der Waals surface area contributed by atoms with E-state index >= 15 is 0 Å². The minimum atomic E-state index is 0.200. The number of rotatable bonds is 5. The molecule has 1 unspecified atom stereocenters. The molecule has 5 nitrogen and oxygen atoms in total. The zero-order valence-electron chi connectivity index (χ0n) is 18.0. The van der Waals surface area contributed by atoms with Crippen molar-refractivity contribution < 1.29 is 4.79 Å². The standard InChI is InChI=1S/C26H27ClN4O/c27-24-5-1-3-20(13-24)14-26(32)30-10-2-4-19(8-11-30)18-31-12-9-22-15-21(6-7-25(22)31)23-16-28-29-17-23/h1,3,5-7,9,12-13,15-17,19H,2,4,8,10-11,14,18H2,(H,28,29). The van der Waals surface area contributed by atoms with Crippen molar-refractivity contribution in [1.82, 2.24) is 19.7 Å². The largest absolute Gasteiger partial charge is 0.347 e.